The van der Waals surface area contributed by atoms with Gasteiger partial charge >= 0.3 is 0 Å². The molecule has 0 spiro atoms. The summed E-state index contributed by atoms with van der Waals surface area (Å²) in [6.07, 6.45) is 12.6. The minimum absolute atomic E-state index is 0.942. The molecule has 0 aromatic heterocycles. The fourth-order valence-corrected chi connectivity index (χ4v) is 3.46. The second-order valence-corrected chi connectivity index (χ2v) is 5.44. The Morgan fingerprint density at radius 1 is 1.36 bits per heavy atom. The Bertz CT molecular complexity index is 214. The highest BCUT2D eigenvalue weighted by atomic mass is 14.4. The van der Waals surface area contributed by atoms with Gasteiger partial charge in [-0.05, 0) is 56.3 Å². The SMILES string of the molecule is CCCC1=CC2CC(C)C(CCC1)C2. The number of allylic oxidation sites excluding steroid dienone is 2. The lowest BCUT2D eigenvalue weighted by molar-refractivity contribution is 0.379. The standard InChI is InChI=1S/C14H24/c1-3-5-12-6-4-7-14-10-13(9-12)8-11(14)2/h9,11,13-14H,3-8,10H2,1-2H3. The highest BCUT2D eigenvalue weighted by Crippen LogP contribution is 2.42. The quantitative estimate of drug-likeness (QED) is 0.563. The molecule has 2 aliphatic carbocycles. The summed E-state index contributed by atoms with van der Waals surface area (Å²) in [7, 11) is 0. The van der Waals surface area contributed by atoms with E-state index in [9.17, 15) is 0 Å². The smallest absolute Gasteiger partial charge is 0.0225 e. The number of hydrogen-bond acceptors (Lipinski definition) is 0. The van der Waals surface area contributed by atoms with Crippen molar-refractivity contribution >= 4 is 0 Å². The van der Waals surface area contributed by atoms with Gasteiger partial charge in [-0.1, -0.05) is 31.9 Å². The van der Waals surface area contributed by atoms with E-state index in [-0.39, 0.29) is 0 Å². The van der Waals surface area contributed by atoms with Crippen LogP contribution < -0.4 is 0 Å². The Morgan fingerprint density at radius 3 is 3.00 bits per heavy atom. The Hall–Kier alpha value is -0.260. The fraction of sp³-hybridized carbons (Fsp3) is 0.857. The van der Waals surface area contributed by atoms with Crippen LogP contribution in [0.25, 0.3) is 0 Å². The highest BCUT2D eigenvalue weighted by molar-refractivity contribution is 5.08. The zero-order chi connectivity index (χ0) is 9.97. The molecule has 0 heterocycles. The molecule has 3 unspecified atom stereocenters. The molecule has 1 fully saturated rings. The summed E-state index contributed by atoms with van der Waals surface area (Å²) in [5.74, 6) is 2.99. The maximum Gasteiger partial charge on any atom is -0.0225 e. The zero-order valence-corrected chi connectivity index (χ0v) is 9.76. The molecule has 2 rings (SSSR count). The summed E-state index contributed by atoms with van der Waals surface area (Å²) >= 11 is 0. The summed E-state index contributed by atoms with van der Waals surface area (Å²) in [6, 6.07) is 0. The third-order valence-electron chi connectivity index (χ3n) is 4.20. The molecule has 0 saturated heterocycles. The van der Waals surface area contributed by atoms with Crippen LogP contribution in [-0.4, -0.2) is 0 Å². The molecular weight excluding hydrogens is 168 g/mol. The second-order valence-electron chi connectivity index (χ2n) is 5.44. The van der Waals surface area contributed by atoms with Gasteiger partial charge in [0.15, 0.2) is 0 Å². The Kier molecular flexibility index (Phi) is 3.30. The Balaban J connectivity index is 2.04. The molecule has 0 aliphatic heterocycles. The third kappa shape index (κ3) is 2.21. The van der Waals surface area contributed by atoms with Crippen molar-refractivity contribution in [2.75, 3.05) is 0 Å². The molecule has 0 heteroatoms. The van der Waals surface area contributed by atoms with E-state index in [1.807, 2.05) is 0 Å². The van der Waals surface area contributed by atoms with Gasteiger partial charge in [-0.15, -0.1) is 0 Å². The van der Waals surface area contributed by atoms with Crippen LogP contribution in [0.2, 0.25) is 0 Å². The first-order valence-corrected chi connectivity index (χ1v) is 6.49. The maximum absolute atomic E-state index is 2.64. The van der Waals surface area contributed by atoms with Gasteiger partial charge < -0.3 is 0 Å². The van der Waals surface area contributed by atoms with Gasteiger partial charge in [0.25, 0.3) is 0 Å². The van der Waals surface area contributed by atoms with Gasteiger partial charge in [0.1, 0.15) is 0 Å². The van der Waals surface area contributed by atoms with Crippen molar-refractivity contribution in [1.82, 2.24) is 0 Å². The van der Waals surface area contributed by atoms with Gasteiger partial charge in [0.2, 0.25) is 0 Å². The van der Waals surface area contributed by atoms with Gasteiger partial charge in [-0.25, -0.2) is 0 Å². The van der Waals surface area contributed by atoms with Crippen LogP contribution in [0.3, 0.4) is 0 Å². The van der Waals surface area contributed by atoms with Crippen LogP contribution in [0, 0.1) is 17.8 Å². The van der Waals surface area contributed by atoms with Gasteiger partial charge in [-0.3, -0.25) is 0 Å². The first kappa shape index (κ1) is 10.3. The summed E-state index contributed by atoms with van der Waals surface area (Å²) in [5, 5.41) is 0. The molecule has 2 bridgehead atoms. The van der Waals surface area contributed by atoms with Crippen LogP contribution in [0.5, 0.6) is 0 Å². The van der Waals surface area contributed by atoms with Crippen LogP contribution in [0.1, 0.15) is 58.8 Å². The number of fused-ring (bicyclic) bond motifs is 2. The van der Waals surface area contributed by atoms with Crippen molar-refractivity contribution < 1.29 is 0 Å². The Labute approximate surface area is 88.8 Å². The molecule has 3 atom stereocenters. The van der Waals surface area contributed by atoms with E-state index >= 15 is 0 Å². The molecule has 2 aliphatic rings. The Morgan fingerprint density at radius 2 is 2.21 bits per heavy atom. The average Bonchev–Trinajstić information content (AvgIpc) is 2.46. The molecule has 0 aromatic rings. The highest BCUT2D eigenvalue weighted by Gasteiger charge is 2.30. The second kappa shape index (κ2) is 4.51. The largest absolute Gasteiger partial charge is 0.0822 e. The van der Waals surface area contributed by atoms with Crippen LogP contribution in [0.15, 0.2) is 11.6 Å². The molecule has 1 saturated carbocycles. The summed E-state index contributed by atoms with van der Waals surface area (Å²) in [5.41, 5.74) is 1.77. The molecule has 0 amide bonds. The minimum Gasteiger partial charge on any atom is -0.0822 e. The lowest BCUT2D eigenvalue weighted by atomic mass is 9.89. The summed E-state index contributed by atoms with van der Waals surface area (Å²) < 4.78 is 0. The molecule has 80 valence electrons. The normalized spacial score (nSPS) is 37.6. The van der Waals surface area contributed by atoms with Gasteiger partial charge in [-0.2, -0.15) is 0 Å². The first-order chi connectivity index (χ1) is 6.79. The van der Waals surface area contributed by atoms with E-state index in [0.29, 0.717) is 0 Å². The van der Waals surface area contributed by atoms with E-state index < -0.39 is 0 Å². The molecule has 0 radical (unpaired) electrons. The van der Waals surface area contributed by atoms with Crippen LogP contribution >= 0.6 is 0 Å². The van der Waals surface area contributed by atoms with Crippen molar-refractivity contribution in [2.24, 2.45) is 17.8 Å². The number of hydrogen-bond donors (Lipinski definition) is 0. The van der Waals surface area contributed by atoms with Crippen molar-refractivity contribution in [2.45, 2.75) is 58.8 Å². The first-order valence-electron chi connectivity index (χ1n) is 6.49. The monoisotopic (exact) mass is 192 g/mol. The van der Waals surface area contributed by atoms with Crippen molar-refractivity contribution in [1.29, 1.82) is 0 Å². The summed E-state index contributed by atoms with van der Waals surface area (Å²) in [6.45, 7) is 4.77. The average molecular weight is 192 g/mol. The van der Waals surface area contributed by atoms with Crippen molar-refractivity contribution in [3.05, 3.63) is 11.6 Å². The van der Waals surface area contributed by atoms with E-state index in [1.54, 1.807) is 5.57 Å². The van der Waals surface area contributed by atoms with Gasteiger partial charge in [0.05, 0.1) is 0 Å². The summed E-state index contributed by atoms with van der Waals surface area (Å²) in [4.78, 5) is 0. The molecule has 14 heavy (non-hydrogen) atoms. The predicted molar refractivity (Wildman–Crippen MR) is 62.2 cm³/mol. The van der Waals surface area contributed by atoms with Crippen molar-refractivity contribution in [3.63, 3.8) is 0 Å². The topological polar surface area (TPSA) is 0 Å². The third-order valence-corrected chi connectivity index (χ3v) is 4.20. The number of rotatable bonds is 2. The molecule has 0 N–H and O–H groups in total. The van der Waals surface area contributed by atoms with E-state index in [1.165, 1.54) is 44.9 Å². The fourth-order valence-electron chi connectivity index (χ4n) is 3.46. The van der Waals surface area contributed by atoms with Crippen LogP contribution in [-0.2, 0) is 0 Å². The minimum atomic E-state index is 0.942. The van der Waals surface area contributed by atoms with E-state index in [0.717, 1.165) is 17.8 Å². The molecule has 0 aromatic carbocycles. The van der Waals surface area contributed by atoms with Crippen molar-refractivity contribution in [3.8, 4) is 0 Å². The zero-order valence-electron chi connectivity index (χ0n) is 9.76. The van der Waals surface area contributed by atoms with E-state index in [4.69, 9.17) is 0 Å². The van der Waals surface area contributed by atoms with E-state index in [2.05, 4.69) is 19.9 Å². The van der Waals surface area contributed by atoms with Gasteiger partial charge in [0, 0.05) is 0 Å². The predicted octanol–water partition coefficient (Wildman–Crippen LogP) is 4.56. The molecule has 0 nitrogen and oxygen atoms in total. The van der Waals surface area contributed by atoms with Crippen LogP contribution in [0.4, 0.5) is 0 Å². The lowest BCUT2D eigenvalue weighted by Gasteiger charge is -2.17. The lowest BCUT2D eigenvalue weighted by Crippen LogP contribution is -2.04. The maximum atomic E-state index is 2.64. The molecular formula is C14H24.